The van der Waals surface area contributed by atoms with Crippen LogP contribution in [0.2, 0.25) is 5.02 Å². The molecule has 0 spiro atoms. The molecule has 1 amide bonds. The second-order valence-corrected chi connectivity index (χ2v) is 6.38. The van der Waals surface area contributed by atoms with Crippen LogP contribution in [0.25, 0.3) is 0 Å². The fraction of sp³-hybridized carbons (Fsp3) is 0.0909. The van der Waals surface area contributed by atoms with Crippen molar-refractivity contribution in [1.29, 1.82) is 0 Å². The Kier molecular flexibility index (Phi) is 6.23. The molecule has 0 fully saturated rings. The molecular weight excluding hydrogens is 362 g/mol. The van der Waals surface area contributed by atoms with Crippen LogP contribution in [-0.4, -0.2) is 11.9 Å². The maximum Gasteiger partial charge on any atom is 0.311 e. The lowest BCUT2D eigenvalue weighted by atomic mass is 10.1. The van der Waals surface area contributed by atoms with Crippen molar-refractivity contribution < 1.29 is 14.3 Å². The number of carbonyl (C=O) groups excluding carboxylic acids is 2. The number of anilines is 1. The van der Waals surface area contributed by atoms with E-state index in [1.54, 1.807) is 48.5 Å². The normalized spacial score (nSPS) is 10.3. The van der Waals surface area contributed by atoms with E-state index in [2.05, 4.69) is 5.32 Å². The van der Waals surface area contributed by atoms with Crippen LogP contribution < -0.4 is 10.1 Å². The fourth-order valence-electron chi connectivity index (χ4n) is 2.48. The van der Waals surface area contributed by atoms with Crippen molar-refractivity contribution in [1.82, 2.24) is 0 Å². The summed E-state index contributed by atoms with van der Waals surface area (Å²) < 4.78 is 5.32. The number of benzene rings is 3. The fourth-order valence-corrected chi connectivity index (χ4v) is 2.61. The molecule has 5 heteroatoms. The summed E-state index contributed by atoms with van der Waals surface area (Å²) in [4.78, 5) is 24.2. The molecule has 0 aromatic heterocycles. The Morgan fingerprint density at radius 3 is 2.19 bits per heavy atom. The van der Waals surface area contributed by atoms with Crippen LogP contribution in [0.15, 0.2) is 78.9 Å². The highest BCUT2D eigenvalue weighted by atomic mass is 35.5. The lowest BCUT2D eigenvalue weighted by molar-refractivity contribution is -0.134. The molecule has 0 bridgehead atoms. The Balaban J connectivity index is 1.52. The number of amides is 1. The first-order valence-electron chi connectivity index (χ1n) is 8.52. The van der Waals surface area contributed by atoms with Crippen LogP contribution in [0.3, 0.4) is 0 Å². The lowest BCUT2D eigenvalue weighted by Gasteiger charge is -2.07. The van der Waals surface area contributed by atoms with E-state index in [0.717, 1.165) is 5.56 Å². The molecule has 0 aliphatic heterocycles. The molecule has 0 saturated heterocycles. The summed E-state index contributed by atoms with van der Waals surface area (Å²) in [5, 5.41) is 3.38. The third-order valence-corrected chi connectivity index (χ3v) is 4.16. The predicted molar refractivity (Wildman–Crippen MR) is 106 cm³/mol. The minimum absolute atomic E-state index is 0.251. The van der Waals surface area contributed by atoms with Crippen LogP contribution in [0.5, 0.6) is 5.75 Å². The highest BCUT2D eigenvalue weighted by Crippen LogP contribution is 2.17. The highest BCUT2D eigenvalue weighted by Gasteiger charge is 2.09. The van der Waals surface area contributed by atoms with Crippen molar-refractivity contribution in [2.45, 2.75) is 12.8 Å². The van der Waals surface area contributed by atoms with E-state index in [4.69, 9.17) is 16.3 Å². The quantitative estimate of drug-likeness (QED) is 0.477. The SMILES string of the molecule is O=C(CCc1ccccc1)Oc1ccc(C(=O)Nc2ccc(Cl)cc2)cc1. The average molecular weight is 380 g/mol. The molecular formula is C22H18ClNO3. The number of hydrogen-bond donors (Lipinski definition) is 1. The molecule has 0 saturated carbocycles. The van der Waals surface area contributed by atoms with Crippen molar-refractivity contribution in [2.24, 2.45) is 0 Å². The molecule has 0 aliphatic rings. The highest BCUT2D eigenvalue weighted by molar-refractivity contribution is 6.30. The topological polar surface area (TPSA) is 55.4 Å². The molecule has 3 aromatic carbocycles. The van der Waals surface area contributed by atoms with Gasteiger partial charge in [-0.2, -0.15) is 0 Å². The summed E-state index contributed by atoms with van der Waals surface area (Å²) >= 11 is 5.83. The summed E-state index contributed by atoms with van der Waals surface area (Å²) in [6, 6.07) is 23.1. The number of hydrogen-bond acceptors (Lipinski definition) is 3. The van der Waals surface area contributed by atoms with E-state index in [-0.39, 0.29) is 11.9 Å². The molecule has 136 valence electrons. The molecule has 1 N–H and O–H groups in total. The van der Waals surface area contributed by atoms with Crippen molar-refractivity contribution >= 4 is 29.2 Å². The van der Waals surface area contributed by atoms with E-state index >= 15 is 0 Å². The van der Waals surface area contributed by atoms with E-state index in [9.17, 15) is 9.59 Å². The number of ether oxygens (including phenoxy) is 1. The van der Waals surface area contributed by atoms with Gasteiger partial charge in [0.1, 0.15) is 5.75 Å². The first-order valence-corrected chi connectivity index (χ1v) is 8.89. The molecule has 0 heterocycles. The summed E-state index contributed by atoms with van der Waals surface area (Å²) in [6.07, 6.45) is 0.921. The molecule has 27 heavy (non-hydrogen) atoms. The van der Waals surface area contributed by atoms with Gasteiger partial charge in [0.05, 0.1) is 0 Å². The summed E-state index contributed by atoms with van der Waals surface area (Å²) in [5.41, 5.74) is 2.21. The van der Waals surface area contributed by atoms with Gasteiger partial charge in [-0.25, -0.2) is 0 Å². The van der Waals surface area contributed by atoms with Crippen molar-refractivity contribution in [3.63, 3.8) is 0 Å². The van der Waals surface area contributed by atoms with Gasteiger partial charge in [-0.1, -0.05) is 41.9 Å². The molecule has 0 atom stereocenters. The second-order valence-electron chi connectivity index (χ2n) is 5.95. The zero-order chi connectivity index (χ0) is 19.1. The van der Waals surface area contributed by atoms with Crippen molar-refractivity contribution in [3.05, 3.63) is 95.0 Å². The number of carbonyl (C=O) groups is 2. The zero-order valence-electron chi connectivity index (χ0n) is 14.5. The van der Waals surface area contributed by atoms with Gasteiger partial charge in [-0.15, -0.1) is 0 Å². The van der Waals surface area contributed by atoms with E-state index in [1.807, 2.05) is 30.3 Å². The standard InChI is InChI=1S/C22H18ClNO3/c23-18-9-11-19(12-10-18)24-22(26)17-7-13-20(14-8-17)27-21(25)15-6-16-4-2-1-3-5-16/h1-5,7-14H,6,15H2,(H,24,26). The largest absolute Gasteiger partial charge is 0.427 e. The van der Waals surface area contributed by atoms with Gasteiger partial charge in [-0.3, -0.25) is 9.59 Å². The Labute approximate surface area is 162 Å². The van der Waals surface area contributed by atoms with Crippen molar-refractivity contribution in [3.8, 4) is 5.75 Å². The van der Waals surface area contributed by atoms with Gasteiger partial charge in [0.2, 0.25) is 0 Å². The van der Waals surface area contributed by atoms with Crippen LogP contribution in [0.1, 0.15) is 22.3 Å². The monoisotopic (exact) mass is 379 g/mol. The first kappa shape index (κ1) is 18.7. The van der Waals surface area contributed by atoms with Crippen LogP contribution >= 0.6 is 11.6 Å². The van der Waals surface area contributed by atoms with Crippen LogP contribution in [0, 0.1) is 0 Å². The number of aryl methyl sites for hydroxylation is 1. The Hall–Kier alpha value is -3.11. The number of nitrogens with one attached hydrogen (secondary N) is 1. The molecule has 0 unspecified atom stereocenters. The van der Waals surface area contributed by atoms with Crippen molar-refractivity contribution in [2.75, 3.05) is 5.32 Å². The summed E-state index contributed by atoms with van der Waals surface area (Å²) in [5.74, 6) is -0.146. The number of rotatable bonds is 6. The Morgan fingerprint density at radius 1 is 0.852 bits per heavy atom. The summed E-state index contributed by atoms with van der Waals surface area (Å²) in [7, 11) is 0. The van der Waals surface area contributed by atoms with Gasteiger partial charge in [0.15, 0.2) is 0 Å². The number of halogens is 1. The lowest BCUT2D eigenvalue weighted by Crippen LogP contribution is -2.12. The van der Waals surface area contributed by atoms with Crippen LogP contribution in [0.4, 0.5) is 5.69 Å². The van der Waals surface area contributed by atoms with E-state index in [0.29, 0.717) is 34.9 Å². The zero-order valence-corrected chi connectivity index (χ0v) is 15.3. The van der Waals surface area contributed by atoms with Gasteiger partial charge in [-0.05, 0) is 60.5 Å². The Morgan fingerprint density at radius 2 is 1.52 bits per heavy atom. The molecule has 0 aliphatic carbocycles. The Bertz CT molecular complexity index is 907. The summed E-state index contributed by atoms with van der Waals surface area (Å²) in [6.45, 7) is 0. The second kappa shape index (κ2) is 9.01. The number of esters is 1. The third kappa shape index (κ3) is 5.69. The first-order chi connectivity index (χ1) is 13.1. The molecule has 3 rings (SSSR count). The smallest absolute Gasteiger partial charge is 0.311 e. The van der Waals surface area contributed by atoms with Gasteiger partial charge in [0, 0.05) is 22.7 Å². The third-order valence-electron chi connectivity index (χ3n) is 3.91. The predicted octanol–water partition coefficient (Wildman–Crippen LogP) is 5.13. The van der Waals surface area contributed by atoms with E-state index in [1.165, 1.54) is 0 Å². The van der Waals surface area contributed by atoms with Gasteiger partial charge in [0.25, 0.3) is 5.91 Å². The van der Waals surface area contributed by atoms with E-state index < -0.39 is 0 Å². The molecule has 3 aromatic rings. The molecule has 0 radical (unpaired) electrons. The maximum atomic E-state index is 12.2. The minimum Gasteiger partial charge on any atom is -0.427 e. The average Bonchev–Trinajstić information content (AvgIpc) is 2.69. The van der Waals surface area contributed by atoms with Gasteiger partial charge >= 0.3 is 5.97 Å². The maximum absolute atomic E-state index is 12.2. The molecule has 4 nitrogen and oxygen atoms in total. The minimum atomic E-state index is -0.308. The van der Waals surface area contributed by atoms with Gasteiger partial charge < -0.3 is 10.1 Å². The van der Waals surface area contributed by atoms with Crippen LogP contribution in [-0.2, 0) is 11.2 Å².